The van der Waals surface area contributed by atoms with E-state index in [1.807, 2.05) is 0 Å². The molecule has 17 heavy (non-hydrogen) atoms. The first-order valence-corrected chi connectivity index (χ1v) is 6.15. The van der Waals surface area contributed by atoms with Gasteiger partial charge in [-0.3, -0.25) is 0 Å². The molecule has 0 radical (unpaired) electrons. The molecule has 0 spiro atoms. The van der Waals surface area contributed by atoms with Crippen LogP contribution in [-0.4, -0.2) is 19.2 Å². The zero-order valence-electron chi connectivity index (χ0n) is 8.68. The Hall–Kier alpha value is -0.690. The van der Waals surface area contributed by atoms with Gasteiger partial charge >= 0.3 is 12.6 Å². The van der Waals surface area contributed by atoms with E-state index in [2.05, 4.69) is 36.6 Å². The van der Waals surface area contributed by atoms with Gasteiger partial charge in [0, 0.05) is 4.47 Å². The van der Waals surface area contributed by atoms with Crippen LogP contribution in [0.25, 0.3) is 0 Å². The van der Waals surface area contributed by atoms with E-state index in [0.717, 1.165) is 0 Å². The molecule has 0 aromatic heterocycles. The maximum atomic E-state index is 12.1. The van der Waals surface area contributed by atoms with Crippen LogP contribution in [-0.2, 0) is 4.74 Å². The van der Waals surface area contributed by atoms with Crippen molar-refractivity contribution in [1.29, 1.82) is 0 Å². The fraction of sp³-hybridized carbons (Fsp3) is 0.300. The summed E-state index contributed by atoms with van der Waals surface area (Å²) in [4.78, 5) is 11.5. The van der Waals surface area contributed by atoms with Gasteiger partial charge in [0.15, 0.2) is 0 Å². The molecule has 1 aromatic rings. The van der Waals surface area contributed by atoms with Crippen molar-refractivity contribution >= 4 is 37.8 Å². The van der Waals surface area contributed by atoms with E-state index in [-0.39, 0.29) is 22.4 Å². The summed E-state index contributed by atoms with van der Waals surface area (Å²) in [6.07, 6.45) is 0. The number of hydrogen-bond acceptors (Lipinski definition) is 3. The van der Waals surface area contributed by atoms with Crippen molar-refractivity contribution < 1.29 is 23.0 Å². The molecule has 0 N–H and O–H groups in total. The Labute approximate surface area is 113 Å². The second-order valence-corrected chi connectivity index (χ2v) is 4.57. The maximum Gasteiger partial charge on any atom is 0.387 e. The van der Waals surface area contributed by atoms with Gasteiger partial charge in [-0.15, -0.1) is 0 Å². The van der Waals surface area contributed by atoms with Crippen molar-refractivity contribution in [3.63, 3.8) is 0 Å². The van der Waals surface area contributed by atoms with Crippen LogP contribution < -0.4 is 4.74 Å². The molecule has 0 amide bonds. The monoisotopic (exact) mass is 372 g/mol. The number of carbonyl (C=O) groups is 1. The highest BCUT2D eigenvalue weighted by Gasteiger charge is 2.16. The largest absolute Gasteiger partial charge is 0.462 e. The highest BCUT2D eigenvalue weighted by atomic mass is 79.9. The third-order valence-electron chi connectivity index (χ3n) is 1.73. The minimum Gasteiger partial charge on any atom is -0.462 e. The molecule has 7 heteroatoms. The van der Waals surface area contributed by atoms with E-state index < -0.39 is 12.6 Å². The van der Waals surface area contributed by atoms with Gasteiger partial charge in [0.1, 0.15) is 5.75 Å². The molecule has 0 aliphatic heterocycles. The van der Waals surface area contributed by atoms with Crippen molar-refractivity contribution in [2.75, 3.05) is 6.61 Å². The summed E-state index contributed by atoms with van der Waals surface area (Å²) in [5.41, 5.74) is 0.236. The van der Waals surface area contributed by atoms with E-state index in [1.54, 1.807) is 6.92 Å². The van der Waals surface area contributed by atoms with Gasteiger partial charge in [0.25, 0.3) is 0 Å². The zero-order chi connectivity index (χ0) is 13.0. The Morgan fingerprint density at radius 1 is 1.35 bits per heavy atom. The molecule has 1 rings (SSSR count). The van der Waals surface area contributed by atoms with Crippen LogP contribution >= 0.6 is 31.9 Å². The molecule has 0 saturated heterocycles. The van der Waals surface area contributed by atoms with Crippen molar-refractivity contribution in [2.24, 2.45) is 0 Å². The van der Waals surface area contributed by atoms with Crippen LogP contribution in [0.4, 0.5) is 8.78 Å². The SMILES string of the molecule is CCOC(=O)c1cc(Br)c(OC(F)F)cc1Br. The number of alkyl halides is 2. The zero-order valence-corrected chi connectivity index (χ0v) is 11.8. The predicted molar refractivity (Wildman–Crippen MR) is 64.4 cm³/mol. The first-order valence-electron chi connectivity index (χ1n) is 4.56. The summed E-state index contributed by atoms with van der Waals surface area (Å²) in [7, 11) is 0. The number of carbonyl (C=O) groups excluding carboxylic acids is 1. The second kappa shape index (κ2) is 6.30. The third kappa shape index (κ3) is 3.92. The predicted octanol–water partition coefficient (Wildman–Crippen LogP) is 3.99. The molecule has 1 aromatic carbocycles. The number of halogens is 4. The summed E-state index contributed by atoms with van der Waals surface area (Å²) in [5, 5.41) is 0. The molecule has 0 aliphatic carbocycles. The molecule has 94 valence electrons. The first kappa shape index (κ1) is 14.4. The summed E-state index contributed by atoms with van der Waals surface area (Å²) < 4.78 is 33.8. The van der Waals surface area contributed by atoms with Gasteiger partial charge in [-0.1, -0.05) is 0 Å². The van der Waals surface area contributed by atoms with E-state index >= 15 is 0 Å². The summed E-state index contributed by atoms with van der Waals surface area (Å²) in [6.45, 7) is -1.01. The second-order valence-electron chi connectivity index (χ2n) is 2.86. The number of benzene rings is 1. The van der Waals surface area contributed by atoms with Crippen LogP contribution in [0, 0.1) is 0 Å². The Kier molecular flexibility index (Phi) is 5.32. The van der Waals surface area contributed by atoms with Gasteiger partial charge in [-0.2, -0.15) is 8.78 Å². The molecular formula is C10H8Br2F2O3. The van der Waals surface area contributed by atoms with E-state index in [0.29, 0.717) is 4.47 Å². The highest BCUT2D eigenvalue weighted by molar-refractivity contribution is 9.11. The van der Waals surface area contributed by atoms with E-state index in [9.17, 15) is 13.6 Å². The van der Waals surface area contributed by atoms with Crippen molar-refractivity contribution in [1.82, 2.24) is 0 Å². The average molecular weight is 374 g/mol. The Morgan fingerprint density at radius 2 is 2.00 bits per heavy atom. The molecule has 0 atom stereocenters. The number of esters is 1. The molecule has 0 fully saturated rings. The molecule has 0 aliphatic rings. The topological polar surface area (TPSA) is 35.5 Å². The van der Waals surface area contributed by atoms with Crippen molar-refractivity contribution in [3.8, 4) is 5.75 Å². The van der Waals surface area contributed by atoms with E-state index in [1.165, 1.54) is 12.1 Å². The van der Waals surface area contributed by atoms with E-state index in [4.69, 9.17) is 4.74 Å². The van der Waals surface area contributed by atoms with Gasteiger partial charge in [-0.25, -0.2) is 4.79 Å². The van der Waals surface area contributed by atoms with Crippen molar-refractivity contribution in [2.45, 2.75) is 13.5 Å². The fourth-order valence-electron chi connectivity index (χ4n) is 1.08. The average Bonchev–Trinajstić information content (AvgIpc) is 2.22. The van der Waals surface area contributed by atoms with Crippen LogP contribution in [0.1, 0.15) is 17.3 Å². The quantitative estimate of drug-likeness (QED) is 0.748. The lowest BCUT2D eigenvalue weighted by atomic mass is 10.2. The molecule has 3 nitrogen and oxygen atoms in total. The van der Waals surface area contributed by atoms with Crippen LogP contribution in [0.2, 0.25) is 0 Å². The lowest BCUT2D eigenvalue weighted by Gasteiger charge is -2.10. The lowest BCUT2D eigenvalue weighted by molar-refractivity contribution is -0.0503. The summed E-state index contributed by atoms with van der Waals surface area (Å²) in [5.74, 6) is -0.594. The normalized spacial score (nSPS) is 10.5. The first-order chi connectivity index (χ1) is 7.95. The number of ether oxygens (including phenoxy) is 2. The highest BCUT2D eigenvalue weighted by Crippen LogP contribution is 2.33. The summed E-state index contributed by atoms with van der Waals surface area (Å²) >= 11 is 6.14. The molecule has 0 bridgehead atoms. The Bertz CT molecular complexity index is 424. The Balaban J connectivity index is 3.04. The molecular weight excluding hydrogens is 366 g/mol. The summed E-state index contributed by atoms with van der Waals surface area (Å²) in [6, 6.07) is 2.64. The Morgan fingerprint density at radius 3 is 2.53 bits per heavy atom. The van der Waals surface area contributed by atoms with Gasteiger partial charge in [0.2, 0.25) is 0 Å². The minimum absolute atomic E-state index is 0.0556. The number of rotatable bonds is 4. The maximum absolute atomic E-state index is 12.1. The fourth-order valence-corrected chi connectivity index (χ4v) is 2.00. The number of hydrogen-bond donors (Lipinski definition) is 0. The van der Waals surface area contributed by atoms with Crippen LogP contribution in [0.3, 0.4) is 0 Å². The van der Waals surface area contributed by atoms with Gasteiger partial charge in [-0.05, 0) is 50.9 Å². The van der Waals surface area contributed by atoms with Crippen LogP contribution in [0.5, 0.6) is 5.75 Å². The molecule has 0 heterocycles. The van der Waals surface area contributed by atoms with Gasteiger partial charge in [0.05, 0.1) is 16.6 Å². The molecule has 0 unspecified atom stereocenters. The van der Waals surface area contributed by atoms with Crippen LogP contribution in [0.15, 0.2) is 21.1 Å². The standard InChI is InChI=1S/C10H8Br2F2O3/c1-2-16-9(15)5-3-7(12)8(4-6(5)11)17-10(13)14/h3-4,10H,2H2,1H3. The van der Waals surface area contributed by atoms with Gasteiger partial charge < -0.3 is 9.47 Å². The molecule has 0 saturated carbocycles. The minimum atomic E-state index is -2.92. The smallest absolute Gasteiger partial charge is 0.387 e. The third-order valence-corrected chi connectivity index (χ3v) is 3.01. The lowest BCUT2D eigenvalue weighted by Crippen LogP contribution is -2.07. The van der Waals surface area contributed by atoms with Crippen molar-refractivity contribution in [3.05, 3.63) is 26.6 Å².